The molecule has 0 aliphatic carbocycles. The Bertz CT molecular complexity index is 199. The Morgan fingerprint density at radius 3 is 1.89 bits per heavy atom. The van der Waals surface area contributed by atoms with Crippen molar-refractivity contribution >= 4 is 0 Å². The van der Waals surface area contributed by atoms with Gasteiger partial charge in [0.25, 0.3) is 0 Å². The van der Waals surface area contributed by atoms with Crippen LogP contribution in [-0.4, -0.2) is 53.9 Å². The van der Waals surface area contributed by atoms with Crippen LogP contribution < -0.4 is 0 Å². The lowest BCUT2D eigenvalue weighted by Gasteiger charge is -2.38. The summed E-state index contributed by atoms with van der Waals surface area (Å²) in [6, 6.07) is 0. The first-order valence-electron chi connectivity index (χ1n) is 7.18. The van der Waals surface area contributed by atoms with Crippen LogP contribution in [0.5, 0.6) is 0 Å². The highest BCUT2D eigenvalue weighted by Crippen LogP contribution is 2.33. The monoisotopic (exact) mass is 276 g/mol. The van der Waals surface area contributed by atoms with E-state index in [0.29, 0.717) is 5.92 Å². The first-order valence-corrected chi connectivity index (χ1v) is 7.18. The van der Waals surface area contributed by atoms with E-state index in [-0.39, 0.29) is 5.60 Å². The number of methoxy groups -OCH3 is 4. The molecular formula is C15H32O4. The molecule has 0 radical (unpaired) electrons. The normalized spacial score (nSPS) is 16.3. The highest BCUT2D eigenvalue weighted by molar-refractivity contribution is 4.86. The lowest BCUT2D eigenvalue weighted by atomic mass is 9.80. The summed E-state index contributed by atoms with van der Waals surface area (Å²) in [4.78, 5) is 0. The molecule has 0 rings (SSSR count). The molecule has 0 aromatic carbocycles. The Morgan fingerprint density at radius 2 is 1.37 bits per heavy atom. The fraction of sp³-hybridized carbons (Fsp3) is 1.00. The van der Waals surface area contributed by atoms with E-state index in [4.69, 9.17) is 18.9 Å². The van der Waals surface area contributed by atoms with Crippen LogP contribution in [0.25, 0.3) is 0 Å². The molecule has 0 heterocycles. The molecule has 0 saturated heterocycles. The van der Waals surface area contributed by atoms with E-state index in [9.17, 15) is 0 Å². The van der Waals surface area contributed by atoms with Gasteiger partial charge >= 0.3 is 0 Å². The van der Waals surface area contributed by atoms with Crippen LogP contribution in [0.15, 0.2) is 0 Å². The van der Waals surface area contributed by atoms with Crippen molar-refractivity contribution in [1.29, 1.82) is 0 Å². The van der Waals surface area contributed by atoms with Crippen molar-refractivity contribution in [2.75, 3.05) is 48.3 Å². The van der Waals surface area contributed by atoms with Crippen molar-refractivity contribution in [2.45, 2.75) is 44.6 Å². The standard InChI is InChI=1S/C15H32O4/c1-14(13-18-4)15(19-5,10-8-12-17-3)9-6-7-11-16-2/h14H,6-13H2,1-5H3. The van der Waals surface area contributed by atoms with Gasteiger partial charge in [-0.2, -0.15) is 0 Å². The maximum Gasteiger partial charge on any atom is 0.0727 e. The van der Waals surface area contributed by atoms with E-state index in [1.165, 1.54) is 0 Å². The van der Waals surface area contributed by atoms with Crippen molar-refractivity contribution in [3.05, 3.63) is 0 Å². The topological polar surface area (TPSA) is 36.9 Å². The summed E-state index contributed by atoms with van der Waals surface area (Å²) in [6.45, 7) is 4.53. The van der Waals surface area contributed by atoms with Gasteiger partial charge in [0.2, 0.25) is 0 Å². The Hall–Kier alpha value is -0.160. The minimum Gasteiger partial charge on any atom is -0.385 e. The van der Waals surface area contributed by atoms with E-state index < -0.39 is 0 Å². The molecule has 0 aliphatic heterocycles. The highest BCUT2D eigenvalue weighted by atomic mass is 16.5. The SMILES string of the molecule is COCCCCC(CCCOC)(OC)C(C)COC. The second-order valence-electron chi connectivity index (χ2n) is 5.17. The molecule has 0 N–H and O–H groups in total. The molecule has 0 aliphatic rings. The Kier molecular flexibility index (Phi) is 11.6. The van der Waals surface area contributed by atoms with E-state index in [1.807, 2.05) is 7.11 Å². The van der Waals surface area contributed by atoms with Crippen molar-refractivity contribution < 1.29 is 18.9 Å². The van der Waals surface area contributed by atoms with Gasteiger partial charge in [-0.1, -0.05) is 6.92 Å². The third-order valence-corrected chi connectivity index (χ3v) is 3.87. The molecule has 4 nitrogen and oxygen atoms in total. The molecule has 0 spiro atoms. The maximum absolute atomic E-state index is 5.90. The number of ether oxygens (including phenoxy) is 4. The third-order valence-electron chi connectivity index (χ3n) is 3.87. The summed E-state index contributed by atoms with van der Waals surface area (Å²) in [5.74, 6) is 0.377. The third kappa shape index (κ3) is 7.25. The predicted molar refractivity (Wildman–Crippen MR) is 77.6 cm³/mol. The van der Waals surface area contributed by atoms with E-state index in [1.54, 1.807) is 21.3 Å². The molecular weight excluding hydrogens is 244 g/mol. The molecule has 0 aromatic heterocycles. The fourth-order valence-electron chi connectivity index (χ4n) is 2.61. The van der Waals surface area contributed by atoms with Crippen LogP contribution in [0.3, 0.4) is 0 Å². The summed E-state index contributed by atoms with van der Waals surface area (Å²) < 4.78 is 21.5. The molecule has 0 aromatic rings. The predicted octanol–water partition coefficient (Wildman–Crippen LogP) is 2.90. The molecule has 0 fully saturated rings. The van der Waals surface area contributed by atoms with Crippen LogP contribution in [-0.2, 0) is 18.9 Å². The number of hydrogen-bond donors (Lipinski definition) is 0. The van der Waals surface area contributed by atoms with Crippen molar-refractivity contribution in [2.24, 2.45) is 5.92 Å². The zero-order valence-electron chi connectivity index (χ0n) is 13.4. The fourth-order valence-corrected chi connectivity index (χ4v) is 2.61. The van der Waals surface area contributed by atoms with Crippen molar-refractivity contribution in [3.8, 4) is 0 Å². The Balaban J connectivity index is 4.45. The maximum atomic E-state index is 5.90. The smallest absolute Gasteiger partial charge is 0.0727 e. The van der Waals surface area contributed by atoms with E-state index >= 15 is 0 Å². The Labute approximate surface area is 118 Å². The second-order valence-corrected chi connectivity index (χ2v) is 5.17. The minimum absolute atomic E-state index is 0.109. The zero-order valence-corrected chi connectivity index (χ0v) is 13.4. The van der Waals surface area contributed by atoms with E-state index in [2.05, 4.69) is 6.92 Å². The lowest BCUT2D eigenvalue weighted by Crippen LogP contribution is -2.41. The van der Waals surface area contributed by atoms with Crippen LogP contribution >= 0.6 is 0 Å². The molecule has 2 unspecified atom stereocenters. The summed E-state index contributed by atoms with van der Waals surface area (Å²) in [5.41, 5.74) is -0.109. The second kappa shape index (κ2) is 11.6. The van der Waals surface area contributed by atoms with Crippen LogP contribution in [0.2, 0.25) is 0 Å². The molecule has 0 amide bonds. The van der Waals surface area contributed by atoms with E-state index in [0.717, 1.165) is 51.9 Å². The van der Waals surface area contributed by atoms with Gasteiger partial charge in [0, 0.05) is 47.6 Å². The summed E-state index contributed by atoms with van der Waals surface area (Å²) >= 11 is 0. The number of hydrogen-bond acceptors (Lipinski definition) is 4. The first kappa shape index (κ1) is 18.8. The highest BCUT2D eigenvalue weighted by Gasteiger charge is 2.35. The first-order chi connectivity index (χ1) is 9.16. The van der Waals surface area contributed by atoms with Crippen molar-refractivity contribution in [1.82, 2.24) is 0 Å². The average Bonchev–Trinajstić information content (AvgIpc) is 2.42. The number of rotatable bonds is 13. The number of unbranched alkanes of at least 4 members (excludes halogenated alkanes) is 1. The Morgan fingerprint density at radius 1 is 0.789 bits per heavy atom. The van der Waals surface area contributed by atoms with Gasteiger partial charge in [0.15, 0.2) is 0 Å². The molecule has 4 heteroatoms. The summed E-state index contributed by atoms with van der Waals surface area (Å²) in [5, 5.41) is 0. The summed E-state index contributed by atoms with van der Waals surface area (Å²) in [6.07, 6.45) is 5.26. The minimum atomic E-state index is -0.109. The zero-order chi connectivity index (χ0) is 14.6. The largest absolute Gasteiger partial charge is 0.385 e. The van der Waals surface area contributed by atoms with Crippen LogP contribution in [0.1, 0.15) is 39.0 Å². The lowest BCUT2D eigenvalue weighted by molar-refractivity contribution is -0.0893. The van der Waals surface area contributed by atoms with Gasteiger partial charge in [0.05, 0.1) is 12.2 Å². The van der Waals surface area contributed by atoms with Gasteiger partial charge in [-0.25, -0.2) is 0 Å². The molecule has 2 atom stereocenters. The van der Waals surface area contributed by atoms with Gasteiger partial charge < -0.3 is 18.9 Å². The van der Waals surface area contributed by atoms with Crippen molar-refractivity contribution in [3.63, 3.8) is 0 Å². The average molecular weight is 276 g/mol. The van der Waals surface area contributed by atoms with Crippen LogP contribution in [0, 0.1) is 5.92 Å². The van der Waals surface area contributed by atoms with Crippen LogP contribution in [0.4, 0.5) is 0 Å². The quantitative estimate of drug-likeness (QED) is 0.485. The summed E-state index contributed by atoms with van der Waals surface area (Å²) in [7, 11) is 7.05. The molecule has 116 valence electrons. The van der Waals surface area contributed by atoms with Gasteiger partial charge in [-0.3, -0.25) is 0 Å². The van der Waals surface area contributed by atoms with Gasteiger partial charge in [-0.15, -0.1) is 0 Å². The van der Waals surface area contributed by atoms with Gasteiger partial charge in [0.1, 0.15) is 0 Å². The molecule has 0 saturated carbocycles. The molecule has 0 bridgehead atoms. The molecule has 19 heavy (non-hydrogen) atoms. The van der Waals surface area contributed by atoms with Gasteiger partial charge in [-0.05, 0) is 32.1 Å².